The van der Waals surface area contributed by atoms with Crippen molar-refractivity contribution in [3.8, 4) is 0 Å². The Morgan fingerprint density at radius 3 is 2.78 bits per heavy atom. The zero-order chi connectivity index (χ0) is 6.27. The smallest absolute Gasteiger partial charge is 0.00174 e. The molecule has 2 aliphatic rings. The molecular weight excluding hydrogens is 108 g/mol. The van der Waals surface area contributed by atoms with Crippen LogP contribution in [0.5, 0.6) is 0 Å². The van der Waals surface area contributed by atoms with Crippen LogP contribution in [0.25, 0.3) is 0 Å². The number of hydrogen-bond donors (Lipinski definition) is 0. The van der Waals surface area contributed by atoms with Gasteiger partial charge in [-0.2, -0.15) is 0 Å². The van der Waals surface area contributed by atoms with Crippen LogP contribution in [-0.2, 0) is 0 Å². The van der Waals surface area contributed by atoms with Gasteiger partial charge in [0.2, 0.25) is 0 Å². The molecule has 0 saturated heterocycles. The molecule has 1 saturated carbocycles. The first kappa shape index (κ1) is 5.28. The highest BCUT2D eigenvalue weighted by Gasteiger charge is 2.29. The van der Waals surface area contributed by atoms with Crippen molar-refractivity contribution >= 4 is 0 Å². The van der Waals surface area contributed by atoms with Crippen LogP contribution < -0.4 is 0 Å². The van der Waals surface area contributed by atoms with Gasteiger partial charge in [-0.05, 0) is 31.6 Å². The summed E-state index contributed by atoms with van der Waals surface area (Å²) in [6, 6.07) is 0. The fourth-order valence-corrected chi connectivity index (χ4v) is 1.99. The standard InChI is InChI=1S/C9H12/c1-2-8-5-7-3-4-9(8)6-7/h2-4,7,9H,5-6H2,1H3/b8-2+/t7-,9+/m0/s1. The summed E-state index contributed by atoms with van der Waals surface area (Å²) in [7, 11) is 0. The predicted molar refractivity (Wildman–Crippen MR) is 39.1 cm³/mol. The lowest BCUT2D eigenvalue weighted by atomic mass is 10.0. The molecule has 0 nitrogen and oxygen atoms in total. The van der Waals surface area contributed by atoms with Crippen LogP contribution in [0.1, 0.15) is 19.8 Å². The van der Waals surface area contributed by atoms with Crippen LogP contribution in [0.2, 0.25) is 0 Å². The van der Waals surface area contributed by atoms with Gasteiger partial charge in [-0.3, -0.25) is 0 Å². The Bertz CT molecular complexity index is 174. The highest BCUT2D eigenvalue weighted by molar-refractivity contribution is 5.26. The Morgan fingerprint density at radius 2 is 2.44 bits per heavy atom. The zero-order valence-corrected chi connectivity index (χ0v) is 5.80. The lowest BCUT2D eigenvalue weighted by Gasteiger charge is -2.05. The molecule has 0 amide bonds. The average molecular weight is 120 g/mol. The third kappa shape index (κ3) is 0.658. The van der Waals surface area contributed by atoms with E-state index in [1.54, 1.807) is 5.57 Å². The maximum absolute atomic E-state index is 2.37. The van der Waals surface area contributed by atoms with Crippen LogP contribution >= 0.6 is 0 Å². The second kappa shape index (κ2) is 1.73. The van der Waals surface area contributed by atoms with Crippen molar-refractivity contribution in [2.24, 2.45) is 11.8 Å². The summed E-state index contributed by atoms with van der Waals surface area (Å²) in [4.78, 5) is 0. The molecule has 0 aromatic heterocycles. The highest BCUT2D eigenvalue weighted by atomic mass is 14.3. The summed E-state index contributed by atoms with van der Waals surface area (Å²) >= 11 is 0. The fourth-order valence-electron chi connectivity index (χ4n) is 1.99. The van der Waals surface area contributed by atoms with E-state index in [1.807, 2.05) is 0 Å². The molecule has 1 fully saturated rings. The molecule has 0 aliphatic heterocycles. The van der Waals surface area contributed by atoms with E-state index in [0.717, 1.165) is 11.8 Å². The number of rotatable bonds is 0. The minimum Gasteiger partial charge on any atom is -0.0878 e. The Kier molecular flexibility index (Phi) is 1.01. The lowest BCUT2D eigenvalue weighted by molar-refractivity contribution is 0.693. The summed E-state index contributed by atoms with van der Waals surface area (Å²) < 4.78 is 0. The van der Waals surface area contributed by atoms with E-state index in [0.29, 0.717) is 0 Å². The lowest BCUT2D eigenvalue weighted by Crippen LogP contribution is -1.90. The molecule has 0 aromatic rings. The SMILES string of the molecule is C/C=C1\C[C@@H]2C=C[C@@H]1C2. The van der Waals surface area contributed by atoms with E-state index in [-0.39, 0.29) is 0 Å². The summed E-state index contributed by atoms with van der Waals surface area (Å²) in [5.41, 5.74) is 1.67. The Hall–Kier alpha value is -0.520. The molecule has 9 heavy (non-hydrogen) atoms. The Morgan fingerprint density at radius 1 is 1.56 bits per heavy atom. The summed E-state index contributed by atoms with van der Waals surface area (Å²) in [6.45, 7) is 2.16. The number of fused-ring (bicyclic) bond motifs is 2. The minimum absolute atomic E-state index is 0.833. The summed E-state index contributed by atoms with van der Waals surface area (Å²) in [5, 5.41) is 0. The minimum atomic E-state index is 0.833. The van der Waals surface area contributed by atoms with Crippen molar-refractivity contribution in [2.45, 2.75) is 19.8 Å². The molecular formula is C9H12. The van der Waals surface area contributed by atoms with E-state index >= 15 is 0 Å². The summed E-state index contributed by atoms with van der Waals surface area (Å²) in [5.74, 6) is 1.74. The van der Waals surface area contributed by atoms with Gasteiger partial charge in [0, 0.05) is 0 Å². The van der Waals surface area contributed by atoms with Gasteiger partial charge in [0.05, 0.1) is 0 Å². The number of hydrogen-bond acceptors (Lipinski definition) is 0. The maximum atomic E-state index is 2.37. The van der Waals surface area contributed by atoms with Crippen LogP contribution in [0, 0.1) is 11.8 Å². The van der Waals surface area contributed by atoms with Crippen molar-refractivity contribution < 1.29 is 0 Å². The first-order valence-electron chi connectivity index (χ1n) is 3.73. The first-order valence-corrected chi connectivity index (χ1v) is 3.73. The van der Waals surface area contributed by atoms with Gasteiger partial charge < -0.3 is 0 Å². The Balaban J connectivity index is 2.29. The number of allylic oxidation sites excluding steroid dienone is 4. The third-order valence-corrected chi connectivity index (χ3v) is 2.52. The zero-order valence-electron chi connectivity index (χ0n) is 5.80. The molecule has 2 bridgehead atoms. The van der Waals surface area contributed by atoms with Crippen LogP contribution in [0.3, 0.4) is 0 Å². The van der Waals surface area contributed by atoms with E-state index < -0.39 is 0 Å². The van der Waals surface area contributed by atoms with E-state index in [1.165, 1.54) is 12.8 Å². The van der Waals surface area contributed by atoms with E-state index in [4.69, 9.17) is 0 Å². The van der Waals surface area contributed by atoms with Gasteiger partial charge in [0.15, 0.2) is 0 Å². The van der Waals surface area contributed by atoms with Gasteiger partial charge >= 0.3 is 0 Å². The first-order chi connectivity index (χ1) is 4.40. The van der Waals surface area contributed by atoms with Gasteiger partial charge in [0.1, 0.15) is 0 Å². The highest BCUT2D eigenvalue weighted by Crippen LogP contribution is 2.42. The van der Waals surface area contributed by atoms with Crippen molar-refractivity contribution in [2.75, 3.05) is 0 Å². The van der Waals surface area contributed by atoms with Gasteiger partial charge in [0.25, 0.3) is 0 Å². The van der Waals surface area contributed by atoms with Crippen LogP contribution in [0.15, 0.2) is 23.8 Å². The van der Waals surface area contributed by atoms with Gasteiger partial charge in [-0.15, -0.1) is 0 Å². The van der Waals surface area contributed by atoms with E-state index in [2.05, 4.69) is 25.2 Å². The monoisotopic (exact) mass is 120 g/mol. The largest absolute Gasteiger partial charge is 0.0878 e. The average Bonchev–Trinajstić information content (AvgIpc) is 2.45. The molecule has 2 rings (SSSR count). The molecule has 0 radical (unpaired) electrons. The van der Waals surface area contributed by atoms with Crippen LogP contribution in [-0.4, -0.2) is 0 Å². The molecule has 0 aromatic carbocycles. The van der Waals surface area contributed by atoms with Crippen molar-refractivity contribution in [3.05, 3.63) is 23.8 Å². The Labute approximate surface area is 56.3 Å². The van der Waals surface area contributed by atoms with E-state index in [9.17, 15) is 0 Å². The molecule has 0 heterocycles. The van der Waals surface area contributed by atoms with Crippen molar-refractivity contribution in [1.82, 2.24) is 0 Å². The second-order valence-electron chi connectivity index (χ2n) is 3.05. The maximum Gasteiger partial charge on any atom is -0.00174 e. The van der Waals surface area contributed by atoms with Gasteiger partial charge in [-0.1, -0.05) is 23.8 Å². The topological polar surface area (TPSA) is 0 Å². The molecule has 0 N–H and O–H groups in total. The molecule has 2 aliphatic carbocycles. The molecule has 0 spiro atoms. The third-order valence-electron chi connectivity index (χ3n) is 2.52. The molecule has 2 atom stereocenters. The predicted octanol–water partition coefficient (Wildman–Crippen LogP) is 2.53. The normalized spacial score (nSPS) is 43.0. The molecule has 0 unspecified atom stereocenters. The fraction of sp³-hybridized carbons (Fsp3) is 0.556. The summed E-state index contributed by atoms with van der Waals surface area (Å²) in [6.07, 6.45) is 9.77. The van der Waals surface area contributed by atoms with Crippen molar-refractivity contribution in [1.29, 1.82) is 0 Å². The molecule has 48 valence electrons. The second-order valence-corrected chi connectivity index (χ2v) is 3.05. The van der Waals surface area contributed by atoms with Gasteiger partial charge in [-0.25, -0.2) is 0 Å². The van der Waals surface area contributed by atoms with Crippen LogP contribution in [0.4, 0.5) is 0 Å². The quantitative estimate of drug-likeness (QED) is 0.431. The molecule has 0 heteroatoms. The van der Waals surface area contributed by atoms with Crippen molar-refractivity contribution in [3.63, 3.8) is 0 Å².